The van der Waals surface area contributed by atoms with Gasteiger partial charge in [-0.1, -0.05) is 36.9 Å². The zero-order valence-corrected chi connectivity index (χ0v) is 12.4. The molecule has 19 heavy (non-hydrogen) atoms. The highest BCUT2D eigenvalue weighted by Crippen LogP contribution is 2.31. The Kier molecular flexibility index (Phi) is 5.28. The van der Waals surface area contributed by atoms with Gasteiger partial charge in [-0.2, -0.15) is 0 Å². The first-order valence-electron chi connectivity index (χ1n) is 6.69. The van der Waals surface area contributed by atoms with Gasteiger partial charge in [0.05, 0.1) is 10.7 Å². The summed E-state index contributed by atoms with van der Waals surface area (Å²) in [6.07, 6.45) is 6.55. The van der Waals surface area contributed by atoms with Crippen molar-refractivity contribution in [2.24, 2.45) is 5.92 Å². The van der Waals surface area contributed by atoms with Crippen LogP contribution in [0.3, 0.4) is 0 Å². The molecule has 0 aromatic heterocycles. The van der Waals surface area contributed by atoms with Gasteiger partial charge < -0.3 is 15.7 Å². The van der Waals surface area contributed by atoms with E-state index in [-0.39, 0.29) is 5.75 Å². The second kappa shape index (κ2) is 6.96. The quantitative estimate of drug-likeness (QED) is 0.585. The Labute approximate surface area is 124 Å². The molecule has 0 amide bonds. The number of aromatic hydroxyl groups is 1. The monoisotopic (exact) mass is 298 g/mol. The Balaban J connectivity index is 1.82. The van der Waals surface area contributed by atoms with Gasteiger partial charge in [-0.3, -0.25) is 0 Å². The van der Waals surface area contributed by atoms with E-state index in [2.05, 4.69) is 10.6 Å². The van der Waals surface area contributed by atoms with Crippen molar-refractivity contribution in [3.05, 3.63) is 23.2 Å². The van der Waals surface area contributed by atoms with Gasteiger partial charge in [0.25, 0.3) is 0 Å². The Hall–Kier alpha value is -1.00. The van der Waals surface area contributed by atoms with E-state index in [0.717, 1.165) is 6.54 Å². The van der Waals surface area contributed by atoms with Crippen LogP contribution in [-0.2, 0) is 0 Å². The number of benzene rings is 1. The number of para-hydroxylation sites is 1. The summed E-state index contributed by atoms with van der Waals surface area (Å²) in [5.74, 6) is 0.743. The first-order valence-corrected chi connectivity index (χ1v) is 7.48. The fraction of sp³-hybridized carbons (Fsp3) is 0.500. The van der Waals surface area contributed by atoms with Crippen molar-refractivity contribution in [2.75, 3.05) is 11.9 Å². The fourth-order valence-corrected chi connectivity index (χ4v) is 2.78. The van der Waals surface area contributed by atoms with Crippen LogP contribution < -0.4 is 10.6 Å². The first kappa shape index (κ1) is 14.4. The van der Waals surface area contributed by atoms with Gasteiger partial charge in [0.15, 0.2) is 10.9 Å². The minimum absolute atomic E-state index is 0.0333. The Morgan fingerprint density at radius 1 is 1.32 bits per heavy atom. The van der Waals surface area contributed by atoms with E-state index in [1.54, 1.807) is 18.2 Å². The van der Waals surface area contributed by atoms with Gasteiger partial charge in [-0.25, -0.2) is 0 Å². The molecule has 1 saturated carbocycles. The van der Waals surface area contributed by atoms with E-state index in [0.29, 0.717) is 21.7 Å². The summed E-state index contributed by atoms with van der Waals surface area (Å²) in [7, 11) is 0. The molecule has 1 aromatic carbocycles. The van der Waals surface area contributed by atoms with Gasteiger partial charge in [0, 0.05) is 6.54 Å². The lowest BCUT2D eigenvalue weighted by Crippen LogP contribution is -2.33. The molecule has 0 aliphatic heterocycles. The number of anilines is 1. The van der Waals surface area contributed by atoms with Crippen molar-refractivity contribution >= 4 is 34.6 Å². The van der Waals surface area contributed by atoms with Crippen molar-refractivity contribution in [1.82, 2.24) is 5.32 Å². The number of thiocarbonyl (C=S) groups is 1. The Morgan fingerprint density at radius 3 is 2.79 bits per heavy atom. The molecule has 0 unspecified atom stereocenters. The summed E-state index contributed by atoms with van der Waals surface area (Å²) in [6, 6.07) is 5.16. The third-order valence-electron chi connectivity index (χ3n) is 3.51. The summed E-state index contributed by atoms with van der Waals surface area (Å²) in [5, 5.41) is 16.8. The van der Waals surface area contributed by atoms with Crippen LogP contribution in [0.25, 0.3) is 0 Å². The van der Waals surface area contributed by atoms with Gasteiger partial charge in [0.1, 0.15) is 0 Å². The Morgan fingerprint density at radius 2 is 2.05 bits per heavy atom. The molecule has 0 spiro atoms. The molecule has 0 radical (unpaired) electrons. The minimum Gasteiger partial charge on any atom is -0.504 e. The highest BCUT2D eigenvalue weighted by atomic mass is 35.5. The zero-order valence-electron chi connectivity index (χ0n) is 10.8. The van der Waals surface area contributed by atoms with Crippen molar-refractivity contribution in [3.63, 3.8) is 0 Å². The largest absolute Gasteiger partial charge is 0.504 e. The van der Waals surface area contributed by atoms with Gasteiger partial charge in [-0.15, -0.1) is 0 Å². The molecule has 0 atom stereocenters. The second-order valence-electron chi connectivity index (χ2n) is 4.98. The molecule has 0 saturated heterocycles. The highest BCUT2D eigenvalue weighted by Gasteiger charge is 2.13. The van der Waals surface area contributed by atoms with Crippen LogP contribution in [0.4, 0.5) is 5.69 Å². The van der Waals surface area contributed by atoms with Crippen LogP contribution in [0.5, 0.6) is 5.75 Å². The molecule has 3 nitrogen and oxygen atoms in total. The summed E-state index contributed by atoms with van der Waals surface area (Å²) in [6.45, 7) is 0.896. The van der Waals surface area contributed by atoms with Crippen LogP contribution in [-0.4, -0.2) is 16.8 Å². The second-order valence-corrected chi connectivity index (χ2v) is 5.79. The Bertz CT molecular complexity index is 447. The van der Waals surface area contributed by atoms with Crippen LogP contribution in [0.2, 0.25) is 5.02 Å². The SMILES string of the molecule is Oc1c(Cl)cccc1NC(=S)NCC1CCCCC1. The molecule has 1 aliphatic carbocycles. The van der Waals surface area contributed by atoms with E-state index in [1.165, 1.54) is 32.1 Å². The van der Waals surface area contributed by atoms with Gasteiger partial charge >= 0.3 is 0 Å². The summed E-state index contributed by atoms with van der Waals surface area (Å²) < 4.78 is 0. The van der Waals surface area contributed by atoms with E-state index < -0.39 is 0 Å². The van der Waals surface area contributed by atoms with Crippen LogP contribution in [0, 0.1) is 5.92 Å². The maximum Gasteiger partial charge on any atom is 0.170 e. The van der Waals surface area contributed by atoms with Crippen LogP contribution in [0.15, 0.2) is 18.2 Å². The van der Waals surface area contributed by atoms with Crippen molar-refractivity contribution in [3.8, 4) is 5.75 Å². The molecule has 0 heterocycles. The molecule has 3 N–H and O–H groups in total. The van der Waals surface area contributed by atoms with Gasteiger partial charge in [-0.05, 0) is 43.1 Å². The molecular formula is C14H19ClN2OS. The van der Waals surface area contributed by atoms with Crippen molar-refractivity contribution in [2.45, 2.75) is 32.1 Å². The van der Waals surface area contributed by atoms with Crippen LogP contribution >= 0.6 is 23.8 Å². The van der Waals surface area contributed by atoms with E-state index in [1.807, 2.05) is 0 Å². The zero-order chi connectivity index (χ0) is 13.7. The number of hydrogen-bond acceptors (Lipinski definition) is 2. The normalized spacial score (nSPS) is 16.1. The number of phenolic OH excluding ortho intramolecular Hbond substituents is 1. The third kappa shape index (κ3) is 4.25. The average molecular weight is 299 g/mol. The summed E-state index contributed by atoms with van der Waals surface area (Å²) >= 11 is 11.1. The molecule has 104 valence electrons. The molecule has 2 rings (SSSR count). The number of halogens is 1. The number of nitrogens with one attached hydrogen (secondary N) is 2. The topological polar surface area (TPSA) is 44.3 Å². The lowest BCUT2D eigenvalue weighted by atomic mass is 9.89. The first-order chi connectivity index (χ1) is 9.16. The fourth-order valence-electron chi connectivity index (χ4n) is 2.41. The highest BCUT2D eigenvalue weighted by molar-refractivity contribution is 7.80. The average Bonchev–Trinajstić information content (AvgIpc) is 2.43. The van der Waals surface area contributed by atoms with E-state index in [4.69, 9.17) is 23.8 Å². The smallest absolute Gasteiger partial charge is 0.170 e. The van der Waals surface area contributed by atoms with E-state index in [9.17, 15) is 5.11 Å². The van der Waals surface area contributed by atoms with Crippen molar-refractivity contribution < 1.29 is 5.11 Å². The number of phenols is 1. The van der Waals surface area contributed by atoms with Gasteiger partial charge in [0.2, 0.25) is 0 Å². The predicted molar refractivity (Wildman–Crippen MR) is 83.9 cm³/mol. The lowest BCUT2D eigenvalue weighted by Gasteiger charge is -2.22. The molecular weight excluding hydrogens is 280 g/mol. The minimum atomic E-state index is 0.0333. The third-order valence-corrected chi connectivity index (χ3v) is 4.06. The van der Waals surface area contributed by atoms with Crippen molar-refractivity contribution in [1.29, 1.82) is 0 Å². The summed E-state index contributed by atoms with van der Waals surface area (Å²) in [4.78, 5) is 0. The maximum absolute atomic E-state index is 9.78. The standard InChI is InChI=1S/C14H19ClN2OS/c15-11-7-4-8-12(13(11)18)17-14(19)16-9-10-5-2-1-3-6-10/h4,7-8,10,18H,1-3,5-6,9H2,(H2,16,17,19). The number of hydrogen-bond donors (Lipinski definition) is 3. The van der Waals surface area contributed by atoms with E-state index >= 15 is 0 Å². The lowest BCUT2D eigenvalue weighted by molar-refractivity contribution is 0.357. The maximum atomic E-state index is 9.78. The van der Waals surface area contributed by atoms with Crippen LogP contribution in [0.1, 0.15) is 32.1 Å². The molecule has 1 fully saturated rings. The molecule has 1 aliphatic rings. The molecule has 5 heteroatoms. The molecule has 1 aromatic rings. The summed E-state index contributed by atoms with van der Waals surface area (Å²) in [5.41, 5.74) is 0.536. The number of rotatable bonds is 3. The predicted octanol–water partition coefficient (Wildman–Crippen LogP) is 3.91. The molecule has 0 bridgehead atoms.